The molecule has 0 saturated carbocycles. The first-order valence-corrected chi connectivity index (χ1v) is 6.31. The van der Waals surface area contributed by atoms with Crippen LogP contribution < -0.4 is 5.73 Å². The molecule has 1 heterocycles. The molecule has 0 aliphatic heterocycles. The number of halogens is 2. The summed E-state index contributed by atoms with van der Waals surface area (Å²) in [6.45, 7) is 0. The summed E-state index contributed by atoms with van der Waals surface area (Å²) in [4.78, 5) is 15.5. The molecule has 3 rings (SSSR count). The Hall–Kier alpha value is -2.33. The molecule has 5 heteroatoms. The lowest BCUT2D eigenvalue weighted by Crippen LogP contribution is -2.03. The number of H-pyrrole nitrogens is 1. The first-order valence-electron chi connectivity index (χ1n) is 5.93. The minimum atomic E-state index is -0.398. The molecule has 0 aliphatic rings. The van der Waals surface area contributed by atoms with E-state index in [2.05, 4.69) is 4.98 Å². The fourth-order valence-electron chi connectivity index (χ4n) is 2.15. The number of carbonyl (C=O) groups is 1. The lowest BCUT2D eigenvalue weighted by atomic mass is 10.0. The number of benzene rings is 2. The highest BCUT2D eigenvalue weighted by molar-refractivity contribution is 6.37. The average Bonchev–Trinajstić information content (AvgIpc) is 2.84. The fourth-order valence-corrected chi connectivity index (χ4v) is 2.36. The van der Waals surface area contributed by atoms with E-state index in [0.29, 0.717) is 27.7 Å². The molecule has 0 spiro atoms. The van der Waals surface area contributed by atoms with Gasteiger partial charge in [0.15, 0.2) is 5.78 Å². The molecule has 0 unspecified atom stereocenters. The second-order valence-electron chi connectivity index (χ2n) is 4.43. The predicted octanol–water partition coefficient (Wildman–Crippen LogP) is 3.77. The van der Waals surface area contributed by atoms with Crippen LogP contribution in [-0.4, -0.2) is 10.8 Å². The molecule has 0 radical (unpaired) electrons. The Balaban J connectivity index is 2.18. The third-order valence-corrected chi connectivity index (χ3v) is 3.58. The average molecular weight is 289 g/mol. The molecule has 20 heavy (non-hydrogen) atoms. The summed E-state index contributed by atoms with van der Waals surface area (Å²) >= 11 is 6.06. The van der Waals surface area contributed by atoms with Crippen LogP contribution in [0.25, 0.3) is 10.9 Å². The van der Waals surface area contributed by atoms with Crippen molar-refractivity contribution < 1.29 is 9.18 Å². The van der Waals surface area contributed by atoms with Gasteiger partial charge in [0.2, 0.25) is 0 Å². The van der Waals surface area contributed by atoms with Crippen molar-refractivity contribution in [1.29, 1.82) is 0 Å². The van der Waals surface area contributed by atoms with Crippen molar-refractivity contribution in [3.8, 4) is 0 Å². The largest absolute Gasteiger partial charge is 0.398 e. The van der Waals surface area contributed by atoms with Gasteiger partial charge in [0, 0.05) is 28.2 Å². The lowest BCUT2D eigenvalue weighted by Gasteiger charge is -2.05. The fraction of sp³-hybridized carbons (Fsp3) is 0. The Morgan fingerprint density at radius 1 is 1.20 bits per heavy atom. The van der Waals surface area contributed by atoms with E-state index >= 15 is 0 Å². The molecule has 1 aromatic heterocycles. The van der Waals surface area contributed by atoms with Crippen LogP contribution in [0.4, 0.5) is 10.1 Å². The van der Waals surface area contributed by atoms with Crippen LogP contribution in [0.1, 0.15) is 15.9 Å². The maximum atomic E-state index is 13.3. The van der Waals surface area contributed by atoms with E-state index in [-0.39, 0.29) is 10.8 Å². The number of nitrogens with two attached hydrogens (primary N) is 1. The van der Waals surface area contributed by atoms with E-state index in [0.717, 1.165) is 0 Å². The number of hydrogen-bond acceptors (Lipinski definition) is 2. The summed E-state index contributed by atoms with van der Waals surface area (Å²) < 4.78 is 13.3. The molecule has 0 aliphatic carbocycles. The molecule has 0 atom stereocenters. The Bertz CT molecular complexity index is 826. The number of nitrogen functional groups attached to an aromatic ring is 1. The quantitative estimate of drug-likeness (QED) is 0.557. The highest BCUT2D eigenvalue weighted by Gasteiger charge is 2.18. The standard InChI is InChI=1S/C15H10ClFN2O/c16-14-9(2-1-3-12(14)18)15(20)11-7-19-13-5-4-8(17)6-10(11)13/h1-7,19H,18H2. The van der Waals surface area contributed by atoms with Crippen LogP contribution in [0.5, 0.6) is 0 Å². The number of nitrogens with one attached hydrogen (secondary N) is 1. The minimum Gasteiger partial charge on any atom is -0.398 e. The molecule has 0 bridgehead atoms. The first kappa shape index (κ1) is 12.7. The molecule has 3 N–H and O–H groups in total. The van der Waals surface area contributed by atoms with Gasteiger partial charge in [-0.15, -0.1) is 0 Å². The normalized spacial score (nSPS) is 10.9. The van der Waals surface area contributed by atoms with Crippen LogP contribution >= 0.6 is 11.6 Å². The topological polar surface area (TPSA) is 58.9 Å². The van der Waals surface area contributed by atoms with Crippen LogP contribution in [-0.2, 0) is 0 Å². The SMILES string of the molecule is Nc1cccc(C(=O)c2c[nH]c3ccc(F)cc23)c1Cl. The molecule has 2 aromatic carbocycles. The van der Waals surface area contributed by atoms with Crippen molar-refractivity contribution in [3.63, 3.8) is 0 Å². The third-order valence-electron chi connectivity index (χ3n) is 3.16. The first-order chi connectivity index (χ1) is 9.58. The van der Waals surface area contributed by atoms with Gasteiger partial charge < -0.3 is 10.7 Å². The van der Waals surface area contributed by atoms with Crippen molar-refractivity contribution >= 4 is 34.0 Å². The second-order valence-corrected chi connectivity index (χ2v) is 4.81. The minimum absolute atomic E-state index is 0.211. The molecule has 0 saturated heterocycles. The zero-order valence-electron chi connectivity index (χ0n) is 10.3. The van der Waals surface area contributed by atoms with Gasteiger partial charge in [0.05, 0.1) is 10.7 Å². The van der Waals surface area contributed by atoms with Crippen LogP contribution in [0, 0.1) is 5.82 Å². The van der Waals surface area contributed by atoms with Crippen molar-refractivity contribution in [2.24, 2.45) is 0 Å². The van der Waals surface area contributed by atoms with E-state index in [4.69, 9.17) is 17.3 Å². The van der Waals surface area contributed by atoms with Gasteiger partial charge >= 0.3 is 0 Å². The van der Waals surface area contributed by atoms with Crippen LogP contribution in [0.15, 0.2) is 42.6 Å². The molecule has 0 amide bonds. The molecule has 3 nitrogen and oxygen atoms in total. The maximum absolute atomic E-state index is 13.3. The van der Waals surface area contributed by atoms with Crippen molar-refractivity contribution in [3.05, 3.63) is 64.6 Å². The van der Waals surface area contributed by atoms with Crippen LogP contribution in [0.2, 0.25) is 5.02 Å². The van der Waals surface area contributed by atoms with E-state index in [1.807, 2.05) is 0 Å². The molecular formula is C15H10ClFN2O. The van der Waals surface area contributed by atoms with E-state index in [9.17, 15) is 9.18 Å². The van der Waals surface area contributed by atoms with Crippen molar-refractivity contribution in [2.45, 2.75) is 0 Å². The highest BCUT2D eigenvalue weighted by Crippen LogP contribution is 2.28. The van der Waals surface area contributed by atoms with Crippen molar-refractivity contribution in [1.82, 2.24) is 4.98 Å². The number of fused-ring (bicyclic) bond motifs is 1. The Kier molecular flexibility index (Phi) is 2.95. The number of anilines is 1. The maximum Gasteiger partial charge on any atom is 0.196 e. The molecular weight excluding hydrogens is 279 g/mol. The molecule has 100 valence electrons. The number of rotatable bonds is 2. The lowest BCUT2D eigenvalue weighted by molar-refractivity contribution is 0.104. The summed E-state index contributed by atoms with van der Waals surface area (Å²) in [7, 11) is 0. The number of carbonyl (C=O) groups excluding carboxylic acids is 1. The van der Waals surface area contributed by atoms with Gasteiger partial charge in [-0.2, -0.15) is 0 Å². The van der Waals surface area contributed by atoms with Crippen molar-refractivity contribution in [2.75, 3.05) is 5.73 Å². The number of ketones is 1. The Labute approximate surface area is 119 Å². The van der Waals surface area contributed by atoms with Gasteiger partial charge in [-0.3, -0.25) is 4.79 Å². The van der Waals surface area contributed by atoms with E-state index in [1.54, 1.807) is 30.5 Å². The Morgan fingerprint density at radius 2 is 2.00 bits per heavy atom. The van der Waals surface area contributed by atoms with Gasteiger partial charge in [0.1, 0.15) is 5.82 Å². The summed E-state index contributed by atoms with van der Waals surface area (Å²) in [6, 6.07) is 9.11. The predicted molar refractivity (Wildman–Crippen MR) is 77.6 cm³/mol. The van der Waals surface area contributed by atoms with Gasteiger partial charge in [-0.25, -0.2) is 4.39 Å². The summed E-state index contributed by atoms with van der Waals surface area (Å²) in [6.07, 6.45) is 1.55. The summed E-state index contributed by atoms with van der Waals surface area (Å²) in [5, 5.41) is 0.733. The Morgan fingerprint density at radius 3 is 2.80 bits per heavy atom. The highest BCUT2D eigenvalue weighted by atomic mass is 35.5. The monoisotopic (exact) mass is 288 g/mol. The number of aromatic amines is 1. The zero-order valence-corrected chi connectivity index (χ0v) is 11.0. The summed E-state index contributed by atoms with van der Waals surface area (Å²) in [5.41, 5.74) is 7.39. The smallest absolute Gasteiger partial charge is 0.196 e. The van der Waals surface area contributed by atoms with E-state index < -0.39 is 5.82 Å². The molecule has 0 fully saturated rings. The van der Waals surface area contributed by atoms with Crippen LogP contribution in [0.3, 0.4) is 0 Å². The van der Waals surface area contributed by atoms with Gasteiger partial charge in [0.25, 0.3) is 0 Å². The second kappa shape index (κ2) is 4.65. The zero-order chi connectivity index (χ0) is 14.3. The number of hydrogen-bond donors (Lipinski definition) is 2. The summed E-state index contributed by atoms with van der Waals surface area (Å²) in [5.74, 6) is -0.691. The molecule has 3 aromatic rings. The third kappa shape index (κ3) is 1.94. The van der Waals surface area contributed by atoms with E-state index in [1.165, 1.54) is 12.1 Å². The van der Waals surface area contributed by atoms with Gasteiger partial charge in [-0.05, 0) is 30.3 Å². The number of aromatic nitrogens is 1. The van der Waals surface area contributed by atoms with Gasteiger partial charge in [-0.1, -0.05) is 17.7 Å².